The van der Waals surface area contributed by atoms with Crippen molar-refractivity contribution < 1.29 is 0 Å². The van der Waals surface area contributed by atoms with Crippen LogP contribution in [0.3, 0.4) is 0 Å². The Kier molecular flexibility index (Phi) is 5.38. The molecule has 0 saturated carbocycles. The van der Waals surface area contributed by atoms with E-state index in [1.54, 1.807) is 10.4 Å². The van der Waals surface area contributed by atoms with E-state index >= 15 is 0 Å². The van der Waals surface area contributed by atoms with Crippen molar-refractivity contribution in [1.29, 1.82) is 0 Å². The van der Waals surface area contributed by atoms with Crippen LogP contribution in [0.4, 0.5) is 0 Å². The van der Waals surface area contributed by atoms with Gasteiger partial charge in [-0.2, -0.15) is 0 Å². The highest BCUT2D eigenvalue weighted by molar-refractivity contribution is 7.04. The van der Waals surface area contributed by atoms with Gasteiger partial charge in [0.05, 0.1) is 0 Å². The predicted octanol–water partition coefficient (Wildman–Crippen LogP) is 9.80. The molecule has 0 aromatic heterocycles. The third-order valence-corrected chi connectivity index (χ3v) is 12.6. The summed E-state index contributed by atoms with van der Waals surface area (Å²) in [5, 5.41) is 8.40. The van der Waals surface area contributed by atoms with Crippen molar-refractivity contribution in [2.45, 2.75) is 13.1 Å². The smallest absolute Gasteiger partial charge is 0.0623 e. The Labute approximate surface area is 242 Å². The maximum absolute atomic E-state index is 2.51. The van der Waals surface area contributed by atoms with Crippen LogP contribution >= 0.6 is 0 Å². The van der Waals surface area contributed by atoms with Gasteiger partial charge in [0.2, 0.25) is 0 Å². The summed E-state index contributed by atoms with van der Waals surface area (Å²) in [4.78, 5) is 0. The Morgan fingerprint density at radius 3 is 1.61 bits per heavy atom. The Balaban J connectivity index is 1.62. The summed E-state index contributed by atoms with van der Waals surface area (Å²) in [5.41, 5.74) is 10.5. The minimum Gasteiger partial charge on any atom is -0.0623 e. The molecular weight excluding hydrogens is 509 g/mol. The highest BCUT2D eigenvalue weighted by Gasteiger charge is 2.39. The zero-order valence-electron chi connectivity index (χ0n) is 23.4. The molecule has 41 heavy (non-hydrogen) atoms. The van der Waals surface area contributed by atoms with Gasteiger partial charge in [0, 0.05) is 0 Å². The highest BCUT2D eigenvalue weighted by Crippen LogP contribution is 2.48. The summed E-state index contributed by atoms with van der Waals surface area (Å²) in [7, 11) is -1.84. The topological polar surface area (TPSA) is 0 Å². The normalized spacial score (nSPS) is 13.3. The fraction of sp³-hybridized carbons (Fsp3) is 0.0500. The van der Waals surface area contributed by atoms with E-state index in [0.717, 1.165) is 0 Å². The lowest BCUT2D eigenvalue weighted by Gasteiger charge is -2.23. The maximum Gasteiger partial charge on any atom is 0.113 e. The van der Waals surface area contributed by atoms with Crippen LogP contribution in [0.1, 0.15) is 0 Å². The molecule has 1 aliphatic rings. The van der Waals surface area contributed by atoms with E-state index in [-0.39, 0.29) is 0 Å². The minimum atomic E-state index is -1.84. The van der Waals surface area contributed by atoms with E-state index in [0.29, 0.717) is 0 Å². The Hall–Kier alpha value is -4.72. The first-order valence-electron chi connectivity index (χ1n) is 14.5. The molecule has 7 aromatic rings. The molecule has 0 radical (unpaired) electrons. The van der Waals surface area contributed by atoms with Gasteiger partial charge in [-0.1, -0.05) is 153 Å². The summed E-state index contributed by atoms with van der Waals surface area (Å²) < 4.78 is 0. The van der Waals surface area contributed by atoms with Gasteiger partial charge in [-0.05, 0) is 82.5 Å². The molecule has 0 atom stereocenters. The van der Waals surface area contributed by atoms with E-state index in [2.05, 4.69) is 159 Å². The van der Waals surface area contributed by atoms with E-state index in [1.807, 2.05) is 0 Å². The largest absolute Gasteiger partial charge is 0.113 e. The average Bonchev–Trinajstić information content (AvgIpc) is 3.27. The second kappa shape index (κ2) is 9.16. The van der Waals surface area contributed by atoms with Crippen molar-refractivity contribution in [1.82, 2.24) is 0 Å². The van der Waals surface area contributed by atoms with Gasteiger partial charge in [0.15, 0.2) is 0 Å². The second-order valence-corrected chi connectivity index (χ2v) is 16.0. The SMILES string of the molecule is C[Si]1(C)c2ccccc2-c2c1ccc1c(-c3ccccc3)c3cc(-c4ccccc4)ccc3c(-c3ccccc3)c21. The van der Waals surface area contributed by atoms with E-state index < -0.39 is 8.07 Å². The number of benzene rings is 7. The molecule has 7 aromatic carbocycles. The van der Waals surface area contributed by atoms with Crippen molar-refractivity contribution in [2.75, 3.05) is 0 Å². The molecule has 0 unspecified atom stereocenters. The summed E-state index contributed by atoms with van der Waals surface area (Å²) >= 11 is 0. The first-order chi connectivity index (χ1) is 20.1. The van der Waals surface area contributed by atoms with Crippen LogP contribution in [-0.2, 0) is 0 Å². The summed E-state index contributed by atoms with van der Waals surface area (Å²) in [5.74, 6) is 0. The lowest BCUT2D eigenvalue weighted by Crippen LogP contribution is -2.49. The van der Waals surface area contributed by atoms with Crippen LogP contribution < -0.4 is 10.4 Å². The molecule has 0 saturated heterocycles. The number of fused-ring (bicyclic) bond motifs is 6. The standard InChI is InChI=1S/C40H30Si/c1-41(2)35-21-13-12-20-32(35)39-36(41)25-24-33-37(28-16-8-4-9-17-28)34-26-30(27-14-6-3-7-15-27)22-23-31(34)38(40(33)39)29-18-10-5-11-19-29/h3-26H,1-2H3. The monoisotopic (exact) mass is 538 g/mol. The summed E-state index contributed by atoms with van der Waals surface area (Å²) in [6, 6.07) is 53.9. The first kappa shape index (κ1) is 24.1. The third-order valence-electron chi connectivity index (χ3n) is 9.06. The molecule has 1 aliphatic heterocycles. The van der Waals surface area contributed by atoms with E-state index in [4.69, 9.17) is 0 Å². The molecule has 194 valence electrons. The molecule has 0 spiro atoms. The van der Waals surface area contributed by atoms with Crippen molar-refractivity contribution in [2.24, 2.45) is 0 Å². The van der Waals surface area contributed by atoms with Crippen molar-refractivity contribution in [3.05, 3.63) is 146 Å². The Morgan fingerprint density at radius 2 is 0.927 bits per heavy atom. The molecular formula is C40H30Si. The summed E-state index contributed by atoms with van der Waals surface area (Å²) in [6.07, 6.45) is 0. The van der Waals surface area contributed by atoms with Gasteiger partial charge in [-0.3, -0.25) is 0 Å². The van der Waals surface area contributed by atoms with E-state index in [9.17, 15) is 0 Å². The Bertz CT molecular complexity index is 2090. The molecule has 0 bridgehead atoms. The number of rotatable bonds is 3. The first-order valence-corrected chi connectivity index (χ1v) is 17.5. The van der Waals surface area contributed by atoms with Crippen LogP contribution in [-0.4, -0.2) is 8.07 Å². The van der Waals surface area contributed by atoms with Crippen LogP contribution in [0.2, 0.25) is 13.1 Å². The maximum atomic E-state index is 2.51. The molecule has 0 N–H and O–H groups in total. The van der Waals surface area contributed by atoms with Gasteiger partial charge >= 0.3 is 0 Å². The molecule has 0 nitrogen and oxygen atoms in total. The lowest BCUT2D eigenvalue weighted by atomic mass is 9.82. The molecule has 1 heteroatoms. The van der Waals surface area contributed by atoms with Gasteiger partial charge in [0.1, 0.15) is 8.07 Å². The van der Waals surface area contributed by atoms with Crippen LogP contribution in [0.5, 0.6) is 0 Å². The number of hydrogen-bond acceptors (Lipinski definition) is 0. The summed E-state index contributed by atoms with van der Waals surface area (Å²) in [6.45, 7) is 5.02. The van der Waals surface area contributed by atoms with Crippen molar-refractivity contribution >= 4 is 40.0 Å². The van der Waals surface area contributed by atoms with Crippen LogP contribution in [0.25, 0.3) is 66.1 Å². The molecule has 0 aliphatic carbocycles. The van der Waals surface area contributed by atoms with Crippen molar-refractivity contribution in [3.63, 3.8) is 0 Å². The number of hydrogen-bond donors (Lipinski definition) is 0. The fourth-order valence-electron chi connectivity index (χ4n) is 7.14. The third kappa shape index (κ3) is 3.59. The quantitative estimate of drug-likeness (QED) is 0.155. The van der Waals surface area contributed by atoms with Crippen LogP contribution in [0, 0.1) is 0 Å². The predicted molar refractivity (Wildman–Crippen MR) is 180 cm³/mol. The van der Waals surface area contributed by atoms with E-state index in [1.165, 1.54) is 66.1 Å². The molecule has 1 heterocycles. The minimum absolute atomic E-state index is 1.24. The second-order valence-electron chi connectivity index (χ2n) is 11.7. The Morgan fingerprint density at radius 1 is 0.366 bits per heavy atom. The zero-order valence-corrected chi connectivity index (χ0v) is 24.4. The average molecular weight is 539 g/mol. The van der Waals surface area contributed by atoms with Gasteiger partial charge in [-0.15, -0.1) is 0 Å². The molecule has 0 fully saturated rings. The highest BCUT2D eigenvalue weighted by atomic mass is 28.3. The fourth-order valence-corrected chi connectivity index (χ4v) is 10.2. The molecule has 0 amide bonds. The van der Waals surface area contributed by atoms with Crippen LogP contribution in [0.15, 0.2) is 146 Å². The van der Waals surface area contributed by atoms with Gasteiger partial charge in [-0.25, -0.2) is 0 Å². The zero-order chi connectivity index (χ0) is 27.6. The van der Waals surface area contributed by atoms with Gasteiger partial charge < -0.3 is 0 Å². The van der Waals surface area contributed by atoms with Gasteiger partial charge in [0.25, 0.3) is 0 Å². The van der Waals surface area contributed by atoms with Crippen molar-refractivity contribution in [3.8, 4) is 44.5 Å². The lowest BCUT2D eigenvalue weighted by molar-refractivity contribution is 1.63. The molecule has 8 rings (SSSR count).